The van der Waals surface area contributed by atoms with E-state index in [2.05, 4.69) is 26.9 Å². The van der Waals surface area contributed by atoms with Gasteiger partial charge in [0.25, 0.3) is 0 Å². The van der Waals surface area contributed by atoms with Gasteiger partial charge in [0.2, 0.25) is 0 Å². The van der Waals surface area contributed by atoms with Gasteiger partial charge in [0.15, 0.2) is 10.6 Å². The molecule has 0 aliphatic heterocycles. The molecule has 0 aliphatic rings. The van der Waals surface area contributed by atoms with Crippen molar-refractivity contribution in [2.45, 2.75) is 19.9 Å². The van der Waals surface area contributed by atoms with E-state index in [1.54, 1.807) is 19.5 Å². The van der Waals surface area contributed by atoms with Gasteiger partial charge in [0.1, 0.15) is 5.75 Å². The van der Waals surface area contributed by atoms with Crippen molar-refractivity contribution in [2.75, 3.05) is 19.5 Å². The summed E-state index contributed by atoms with van der Waals surface area (Å²) < 4.78 is 6.70. The van der Waals surface area contributed by atoms with Crippen molar-refractivity contribution in [3.05, 3.63) is 47.6 Å². The Balaban J connectivity index is 2.60. The predicted octanol–water partition coefficient (Wildman–Crippen LogP) is 2.04. The molecule has 0 aromatic carbocycles. The Morgan fingerprint density at radius 2 is 2.33 bits per heavy atom. The molecule has 2 rings (SSSR count). The van der Waals surface area contributed by atoms with Crippen molar-refractivity contribution in [3.63, 3.8) is 0 Å². The summed E-state index contributed by atoms with van der Waals surface area (Å²) in [6.45, 7) is 8.46. The van der Waals surface area contributed by atoms with Gasteiger partial charge in [0, 0.05) is 17.8 Å². The van der Waals surface area contributed by atoms with Crippen molar-refractivity contribution in [3.8, 4) is 17.0 Å². The molecule has 2 aromatic rings. The summed E-state index contributed by atoms with van der Waals surface area (Å²) >= 11 is 6.19. The molecule has 8 heteroatoms. The molecular weight excluding hydrogens is 328 g/mol. The number of aromatic nitrogens is 3. The average molecular weight is 349 g/mol. The Morgan fingerprint density at radius 3 is 2.92 bits per heavy atom. The molecular formula is C16H21ClN6O. The minimum Gasteiger partial charge on any atom is -0.494 e. The molecule has 7 nitrogen and oxygen atoms in total. The molecule has 0 fully saturated rings. The number of pyridine rings is 1. The zero-order valence-corrected chi connectivity index (χ0v) is 14.7. The van der Waals surface area contributed by atoms with Crippen molar-refractivity contribution < 1.29 is 4.74 Å². The zero-order chi connectivity index (χ0) is 17.7. The van der Waals surface area contributed by atoms with Crippen LogP contribution in [0.15, 0.2) is 36.2 Å². The molecule has 24 heavy (non-hydrogen) atoms. The van der Waals surface area contributed by atoms with E-state index >= 15 is 0 Å². The lowest BCUT2D eigenvalue weighted by atomic mass is 10.1. The van der Waals surface area contributed by atoms with Gasteiger partial charge in [-0.1, -0.05) is 25.1 Å². The van der Waals surface area contributed by atoms with Crippen LogP contribution in [0.2, 0.25) is 5.15 Å². The summed E-state index contributed by atoms with van der Waals surface area (Å²) in [5.74, 6) is 6.55. The normalized spacial score (nSPS) is 12.9. The highest BCUT2D eigenvalue weighted by Gasteiger charge is 2.15. The number of methoxy groups -OCH3 is 1. The molecule has 2 heterocycles. The van der Waals surface area contributed by atoms with Crippen LogP contribution in [0.3, 0.4) is 0 Å². The summed E-state index contributed by atoms with van der Waals surface area (Å²) in [4.78, 5) is 12.8. The van der Waals surface area contributed by atoms with Crippen LogP contribution in [-0.4, -0.2) is 28.3 Å². The first-order valence-corrected chi connectivity index (χ1v) is 7.86. The van der Waals surface area contributed by atoms with Crippen LogP contribution in [0.4, 0.5) is 0 Å². The third-order valence-corrected chi connectivity index (χ3v) is 3.71. The van der Waals surface area contributed by atoms with E-state index in [-0.39, 0.29) is 11.2 Å². The van der Waals surface area contributed by atoms with Crippen LogP contribution in [0.1, 0.15) is 25.6 Å². The van der Waals surface area contributed by atoms with E-state index in [4.69, 9.17) is 22.2 Å². The van der Waals surface area contributed by atoms with E-state index in [0.29, 0.717) is 16.9 Å². The maximum Gasteiger partial charge on any atom is 0.189 e. The van der Waals surface area contributed by atoms with Gasteiger partial charge >= 0.3 is 0 Å². The van der Waals surface area contributed by atoms with Gasteiger partial charge in [-0.2, -0.15) is 0 Å². The quantitative estimate of drug-likeness (QED) is 0.779. The van der Waals surface area contributed by atoms with E-state index in [1.165, 1.54) is 10.9 Å². The van der Waals surface area contributed by atoms with Crippen LogP contribution < -0.4 is 21.4 Å². The fourth-order valence-corrected chi connectivity index (χ4v) is 2.53. The highest BCUT2D eigenvalue weighted by molar-refractivity contribution is 6.29. The fraction of sp³-hybridized carbons (Fsp3) is 0.312. The molecule has 128 valence electrons. The van der Waals surface area contributed by atoms with Crippen LogP contribution in [-0.2, 0) is 0 Å². The largest absolute Gasteiger partial charge is 0.494 e. The second-order valence-electron chi connectivity index (χ2n) is 5.05. The number of rotatable bonds is 6. The minimum atomic E-state index is 0.0927. The number of halogens is 1. The number of nitrogens with zero attached hydrogens (tertiary/aromatic N) is 4. The summed E-state index contributed by atoms with van der Waals surface area (Å²) in [5.41, 5.74) is 2.51. The van der Waals surface area contributed by atoms with E-state index in [0.717, 1.165) is 17.8 Å². The molecule has 0 amide bonds. The first-order chi connectivity index (χ1) is 11.5. The van der Waals surface area contributed by atoms with Gasteiger partial charge in [-0.25, -0.2) is 14.7 Å². The topological polar surface area (TPSA) is 90.4 Å². The number of ether oxygens (including phenoxy) is 1. The standard InChI is InChI=1S/C16H21ClN6O/c1-5-19-10(3)12-7-11(14(24-4)8-21-12)13-9-23(18)16(20-6-2)15(17)22-13/h6-10,19H,2,5,18H2,1,3-4H3/t10-/m1/s1. The average Bonchev–Trinajstić information content (AvgIpc) is 2.57. The summed E-state index contributed by atoms with van der Waals surface area (Å²) in [5, 5.41) is 3.50. The van der Waals surface area contributed by atoms with Gasteiger partial charge in [0.05, 0.1) is 30.9 Å². The molecule has 0 saturated carbocycles. The highest BCUT2D eigenvalue weighted by Crippen LogP contribution is 2.29. The van der Waals surface area contributed by atoms with Crippen molar-refractivity contribution >= 4 is 11.6 Å². The molecule has 0 bridgehead atoms. The monoisotopic (exact) mass is 348 g/mol. The summed E-state index contributed by atoms with van der Waals surface area (Å²) in [7, 11) is 1.58. The SMILES string of the molecule is C=CN=c1c(Cl)nc(-c2cc([C@@H](C)NCC)ncc2OC)cn1N. The minimum absolute atomic E-state index is 0.0927. The number of hydrogen-bond donors (Lipinski definition) is 2. The van der Waals surface area contributed by atoms with E-state index in [1.807, 2.05) is 19.9 Å². The van der Waals surface area contributed by atoms with Crippen molar-refractivity contribution in [1.29, 1.82) is 0 Å². The maximum absolute atomic E-state index is 6.19. The Kier molecular flexibility index (Phi) is 5.94. The van der Waals surface area contributed by atoms with Gasteiger partial charge in [-0.05, 0) is 19.5 Å². The Morgan fingerprint density at radius 1 is 1.58 bits per heavy atom. The highest BCUT2D eigenvalue weighted by atomic mass is 35.5. The lowest BCUT2D eigenvalue weighted by molar-refractivity contribution is 0.413. The number of nitrogens with one attached hydrogen (secondary N) is 1. The summed E-state index contributed by atoms with van der Waals surface area (Å²) in [6, 6.07) is 2.00. The molecule has 0 radical (unpaired) electrons. The van der Waals surface area contributed by atoms with E-state index in [9.17, 15) is 0 Å². The first-order valence-electron chi connectivity index (χ1n) is 7.48. The van der Waals surface area contributed by atoms with Gasteiger partial charge in [-0.3, -0.25) is 4.98 Å². The molecule has 0 unspecified atom stereocenters. The lowest BCUT2D eigenvalue weighted by Gasteiger charge is -2.15. The Labute approximate surface area is 145 Å². The number of hydrogen-bond acceptors (Lipinski definition) is 6. The maximum atomic E-state index is 6.19. The number of nitrogen functional groups attached to an aromatic ring is 1. The Hall–Kier alpha value is -2.38. The third-order valence-electron chi connectivity index (χ3n) is 3.46. The summed E-state index contributed by atoms with van der Waals surface area (Å²) in [6.07, 6.45) is 4.65. The molecule has 3 N–H and O–H groups in total. The van der Waals surface area contributed by atoms with Crippen LogP contribution in [0, 0.1) is 0 Å². The molecule has 0 saturated heterocycles. The second kappa shape index (κ2) is 7.94. The zero-order valence-electron chi connectivity index (χ0n) is 14.0. The van der Waals surface area contributed by atoms with Crippen molar-refractivity contribution in [1.82, 2.24) is 20.0 Å². The number of nitrogens with two attached hydrogens (primary N) is 1. The van der Waals surface area contributed by atoms with Crippen LogP contribution in [0.5, 0.6) is 5.75 Å². The van der Waals surface area contributed by atoms with Crippen LogP contribution in [0.25, 0.3) is 11.3 Å². The lowest BCUT2D eigenvalue weighted by Crippen LogP contribution is -2.29. The predicted molar refractivity (Wildman–Crippen MR) is 95.0 cm³/mol. The molecule has 1 atom stereocenters. The van der Waals surface area contributed by atoms with Crippen molar-refractivity contribution in [2.24, 2.45) is 4.99 Å². The smallest absolute Gasteiger partial charge is 0.189 e. The van der Waals surface area contributed by atoms with E-state index < -0.39 is 0 Å². The van der Waals surface area contributed by atoms with Gasteiger partial charge in [-0.15, -0.1) is 0 Å². The first kappa shape index (κ1) is 18.0. The molecule has 2 aromatic heterocycles. The van der Waals surface area contributed by atoms with Gasteiger partial charge < -0.3 is 15.9 Å². The van der Waals surface area contributed by atoms with Crippen LogP contribution >= 0.6 is 11.6 Å². The molecule has 0 spiro atoms. The fourth-order valence-electron chi connectivity index (χ4n) is 2.29. The third kappa shape index (κ3) is 3.74. The molecule has 0 aliphatic carbocycles. The second-order valence-corrected chi connectivity index (χ2v) is 5.41. The Bertz CT molecular complexity index is 775.